The van der Waals surface area contributed by atoms with Gasteiger partial charge in [-0.05, 0) is 25.5 Å². The fraction of sp³-hybridized carbons (Fsp3) is 0.500. The van der Waals surface area contributed by atoms with Gasteiger partial charge < -0.3 is 10.4 Å². The average molecular weight is 213 g/mol. The van der Waals surface area contributed by atoms with Crippen LogP contribution in [-0.2, 0) is 5.60 Å². The van der Waals surface area contributed by atoms with Crippen LogP contribution in [0, 0.1) is 0 Å². The maximum atomic E-state index is 10.3. The highest BCUT2D eigenvalue weighted by atomic mass is 35.5. The van der Waals surface area contributed by atoms with E-state index in [0.717, 1.165) is 24.9 Å². The lowest BCUT2D eigenvalue weighted by Gasteiger charge is -2.32. The number of piperidine rings is 1. The summed E-state index contributed by atoms with van der Waals surface area (Å²) in [5, 5.41) is 13.9. The molecule has 0 spiro atoms. The zero-order valence-electron chi connectivity index (χ0n) is 7.83. The predicted octanol–water partition coefficient (Wildman–Crippen LogP) is 1.31. The van der Waals surface area contributed by atoms with Crippen molar-refractivity contribution in [2.75, 3.05) is 13.1 Å². The summed E-state index contributed by atoms with van der Waals surface area (Å²) in [6, 6.07) is 3.55. The summed E-state index contributed by atoms with van der Waals surface area (Å²) in [5.74, 6) is 0. The van der Waals surface area contributed by atoms with Gasteiger partial charge in [-0.25, -0.2) is 4.98 Å². The second kappa shape index (κ2) is 3.85. The molecule has 1 aromatic heterocycles. The number of hydrogen-bond acceptors (Lipinski definition) is 3. The van der Waals surface area contributed by atoms with Gasteiger partial charge in [-0.3, -0.25) is 0 Å². The average Bonchev–Trinajstić information content (AvgIpc) is 2.19. The summed E-state index contributed by atoms with van der Waals surface area (Å²) in [6.07, 6.45) is 3.41. The summed E-state index contributed by atoms with van der Waals surface area (Å²) in [7, 11) is 0. The van der Waals surface area contributed by atoms with Crippen molar-refractivity contribution in [3.63, 3.8) is 0 Å². The number of halogens is 1. The largest absolute Gasteiger partial charge is 0.384 e. The van der Waals surface area contributed by atoms with E-state index < -0.39 is 5.60 Å². The summed E-state index contributed by atoms with van der Waals surface area (Å²) in [6.45, 7) is 1.57. The molecule has 2 rings (SSSR count). The molecule has 1 atom stereocenters. The Labute approximate surface area is 88.1 Å². The van der Waals surface area contributed by atoms with E-state index in [2.05, 4.69) is 10.3 Å². The van der Waals surface area contributed by atoms with E-state index in [-0.39, 0.29) is 0 Å². The number of nitrogens with one attached hydrogen (secondary N) is 1. The summed E-state index contributed by atoms with van der Waals surface area (Å²) in [4.78, 5) is 3.98. The van der Waals surface area contributed by atoms with E-state index in [9.17, 15) is 5.11 Å². The zero-order valence-corrected chi connectivity index (χ0v) is 8.59. The molecule has 0 saturated carbocycles. The summed E-state index contributed by atoms with van der Waals surface area (Å²) in [5.41, 5.74) is 0.0737. The Kier molecular flexibility index (Phi) is 2.72. The third kappa shape index (κ3) is 1.90. The van der Waals surface area contributed by atoms with E-state index in [1.54, 1.807) is 12.3 Å². The predicted molar refractivity (Wildman–Crippen MR) is 55.2 cm³/mol. The molecule has 2 heterocycles. The van der Waals surface area contributed by atoms with Crippen molar-refractivity contribution in [3.05, 3.63) is 29.0 Å². The molecule has 1 saturated heterocycles. The van der Waals surface area contributed by atoms with Crippen molar-refractivity contribution in [3.8, 4) is 0 Å². The Morgan fingerprint density at radius 3 is 2.93 bits per heavy atom. The molecule has 0 aliphatic carbocycles. The summed E-state index contributed by atoms with van der Waals surface area (Å²) < 4.78 is 0. The van der Waals surface area contributed by atoms with Crippen molar-refractivity contribution in [1.82, 2.24) is 10.3 Å². The third-order valence-corrected chi connectivity index (χ3v) is 2.85. The van der Waals surface area contributed by atoms with Crippen LogP contribution in [0.3, 0.4) is 0 Å². The molecule has 1 aliphatic heterocycles. The minimum absolute atomic E-state index is 0.459. The quantitative estimate of drug-likeness (QED) is 0.690. The molecule has 0 bridgehead atoms. The first-order chi connectivity index (χ1) is 6.71. The fourth-order valence-electron chi connectivity index (χ4n) is 1.79. The van der Waals surface area contributed by atoms with Gasteiger partial charge in [-0.1, -0.05) is 17.7 Å². The van der Waals surface area contributed by atoms with Crippen LogP contribution in [0.5, 0.6) is 0 Å². The first kappa shape index (κ1) is 9.90. The van der Waals surface area contributed by atoms with Crippen LogP contribution < -0.4 is 5.32 Å². The molecule has 1 aromatic rings. The minimum atomic E-state index is -0.768. The Morgan fingerprint density at radius 1 is 1.50 bits per heavy atom. The monoisotopic (exact) mass is 212 g/mol. The first-order valence-electron chi connectivity index (χ1n) is 4.76. The number of nitrogens with zero attached hydrogens (tertiary/aromatic N) is 1. The lowest BCUT2D eigenvalue weighted by molar-refractivity contribution is 0.0120. The molecule has 2 N–H and O–H groups in total. The number of β-amino-alcohol motifs (C(OH)–C–C–N with tert-alkyl or cyclic N) is 1. The standard InChI is InChI=1S/C10H13ClN2O/c11-9-3-2-8(6-13-9)10(14)4-1-5-12-7-10/h2-3,6,12,14H,1,4-5,7H2. The molecule has 4 heteroatoms. The van der Waals surface area contributed by atoms with Crippen LogP contribution in [-0.4, -0.2) is 23.2 Å². The molecule has 1 aliphatic rings. The molecule has 76 valence electrons. The highest BCUT2D eigenvalue weighted by Crippen LogP contribution is 2.27. The molecule has 1 fully saturated rings. The van der Waals surface area contributed by atoms with Gasteiger partial charge in [0.25, 0.3) is 0 Å². The van der Waals surface area contributed by atoms with Gasteiger partial charge in [0.2, 0.25) is 0 Å². The lowest BCUT2D eigenvalue weighted by atomic mass is 9.88. The van der Waals surface area contributed by atoms with Crippen molar-refractivity contribution in [1.29, 1.82) is 0 Å². The van der Waals surface area contributed by atoms with Gasteiger partial charge in [0.1, 0.15) is 10.8 Å². The van der Waals surface area contributed by atoms with E-state index in [1.165, 1.54) is 0 Å². The van der Waals surface area contributed by atoms with Crippen molar-refractivity contribution in [2.24, 2.45) is 0 Å². The Hall–Kier alpha value is -0.640. The molecule has 3 nitrogen and oxygen atoms in total. The number of aliphatic hydroxyl groups is 1. The van der Waals surface area contributed by atoms with Crippen molar-refractivity contribution < 1.29 is 5.11 Å². The number of rotatable bonds is 1. The zero-order chi connectivity index (χ0) is 10.0. The Balaban J connectivity index is 2.23. The highest BCUT2D eigenvalue weighted by Gasteiger charge is 2.31. The van der Waals surface area contributed by atoms with Gasteiger partial charge in [-0.15, -0.1) is 0 Å². The molecule has 1 unspecified atom stereocenters. The fourth-order valence-corrected chi connectivity index (χ4v) is 1.90. The number of pyridine rings is 1. The van der Waals surface area contributed by atoms with Crippen LogP contribution >= 0.6 is 11.6 Å². The molecule has 14 heavy (non-hydrogen) atoms. The van der Waals surface area contributed by atoms with Gasteiger partial charge in [0.15, 0.2) is 0 Å². The molecular formula is C10H13ClN2O. The van der Waals surface area contributed by atoms with Crippen LogP contribution in [0.25, 0.3) is 0 Å². The molecular weight excluding hydrogens is 200 g/mol. The topological polar surface area (TPSA) is 45.2 Å². The van der Waals surface area contributed by atoms with Crippen molar-refractivity contribution in [2.45, 2.75) is 18.4 Å². The van der Waals surface area contributed by atoms with Crippen molar-refractivity contribution >= 4 is 11.6 Å². The maximum Gasteiger partial charge on any atom is 0.129 e. The summed E-state index contributed by atoms with van der Waals surface area (Å²) >= 11 is 5.69. The highest BCUT2D eigenvalue weighted by molar-refractivity contribution is 6.29. The second-order valence-electron chi connectivity index (χ2n) is 3.68. The third-order valence-electron chi connectivity index (χ3n) is 2.63. The number of aromatic nitrogens is 1. The van der Waals surface area contributed by atoms with Crippen LogP contribution in [0.15, 0.2) is 18.3 Å². The Morgan fingerprint density at radius 2 is 2.36 bits per heavy atom. The van der Waals surface area contributed by atoms with Crippen LogP contribution in [0.2, 0.25) is 5.15 Å². The molecule has 0 radical (unpaired) electrons. The van der Waals surface area contributed by atoms with Crippen LogP contribution in [0.4, 0.5) is 0 Å². The second-order valence-corrected chi connectivity index (χ2v) is 4.07. The normalized spacial score (nSPS) is 27.6. The van der Waals surface area contributed by atoms with Gasteiger partial charge >= 0.3 is 0 Å². The number of hydrogen-bond donors (Lipinski definition) is 2. The first-order valence-corrected chi connectivity index (χ1v) is 5.14. The lowest BCUT2D eigenvalue weighted by Crippen LogP contribution is -2.43. The maximum absolute atomic E-state index is 10.3. The molecule has 0 aromatic carbocycles. The van der Waals surface area contributed by atoms with E-state index >= 15 is 0 Å². The van der Waals surface area contributed by atoms with Gasteiger partial charge in [-0.2, -0.15) is 0 Å². The minimum Gasteiger partial charge on any atom is -0.384 e. The Bertz CT molecular complexity index is 306. The molecule has 0 amide bonds. The van der Waals surface area contributed by atoms with E-state index in [1.807, 2.05) is 6.07 Å². The SMILES string of the molecule is OC1(c2ccc(Cl)nc2)CCCNC1. The smallest absolute Gasteiger partial charge is 0.129 e. The van der Waals surface area contributed by atoms with Crippen LogP contribution in [0.1, 0.15) is 18.4 Å². The van der Waals surface area contributed by atoms with E-state index in [4.69, 9.17) is 11.6 Å². The van der Waals surface area contributed by atoms with E-state index in [0.29, 0.717) is 11.7 Å². The van der Waals surface area contributed by atoms with Gasteiger partial charge in [0, 0.05) is 18.3 Å². The van der Waals surface area contributed by atoms with Gasteiger partial charge in [0.05, 0.1) is 0 Å².